The third-order valence-corrected chi connectivity index (χ3v) is 6.87. The first-order valence-electron chi connectivity index (χ1n) is 6.88. The van der Waals surface area contributed by atoms with Crippen molar-refractivity contribution < 1.29 is 8.42 Å². The van der Waals surface area contributed by atoms with Crippen LogP contribution in [0, 0.1) is 0 Å². The Morgan fingerprint density at radius 3 is 2.85 bits per heavy atom. The lowest BCUT2D eigenvalue weighted by Gasteiger charge is -2.23. The normalized spacial score (nSPS) is 21.3. The third-order valence-electron chi connectivity index (χ3n) is 3.82. The van der Waals surface area contributed by atoms with Gasteiger partial charge in [0.2, 0.25) is 10.0 Å². The number of nitrogens with zero attached hydrogens (tertiary/aromatic N) is 1. The summed E-state index contributed by atoms with van der Waals surface area (Å²) in [5.41, 5.74) is 6.87. The van der Waals surface area contributed by atoms with Crippen LogP contribution in [0.1, 0.15) is 31.4 Å². The van der Waals surface area contributed by atoms with Crippen LogP contribution < -0.4 is 5.73 Å². The van der Waals surface area contributed by atoms with Crippen LogP contribution in [0.4, 0.5) is 0 Å². The summed E-state index contributed by atoms with van der Waals surface area (Å²) in [6.07, 6.45) is 1.72. The van der Waals surface area contributed by atoms with Gasteiger partial charge in [-0.25, -0.2) is 8.42 Å². The van der Waals surface area contributed by atoms with E-state index in [-0.39, 0.29) is 12.1 Å². The fraction of sp³-hybridized carbons (Fsp3) is 0.571. The predicted molar refractivity (Wildman–Crippen MR) is 84.3 cm³/mol. The molecule has 2 rings (SSSR count). The molecule has 1 fully saturated rings. The zero-order valence-corrected chi connectivity index (χ0v) is 13.6. The fourth-order valence-corrected chi connectivity index (χ4v) is 5.12. The molecule has 1 aromatic rings. The first kappa shape index (κ1) is 15.8. The highest BCUT2D eigenvalue weighted by Gasteiger charge is 2.30. The van der Waals surface area contributed by atoms with Crippen LogP contribution >= 0.6 is 11.8 Å². The second-order valence-electron chi connectivity index (χ2n) is 5.13. The summed E-state index contributed by atoms with van der Waals surface area (Å²) < 4.78 is 26.8. The average molecular weight is 314 g/mol. The van der Waals surface area contributed by atoms with Gasteiger partial charge in [-0.05, 0) is 36.3 Å². The van der Waals surface area contributed by atoms with Gasteiger partial charge in [0.1, 0.15) is 0 Å². The zero-order chi connectivity index (χ0) is 14.8. The predicted octanol–water partition coefficient (Wildman–Crippen LogP) is 2.22. The molecule has 1 saturated heterocycles. The molecule has 1 aromatic carbocycles. The zero-order valence-electron chi connectivity index (χ0n) is 12.0. The number of hydrogen-bond acceptors (Lipinski definition) is 4. The number of hydrogen-bond donors (Lipinski definition) is 1. The van der Waals surface area contributed by atoms with Crippen LogP contribution in [0.25, 0.3) is 0 Å². The van der Waals surface area contributed by atoms with Crippen molar-refractivity contribution in [2.75, 3.05) is 18.6 Å². The molecule has 0 amide bonds. The maximum Gasteiger partial charge on any atom is 0.243 e. The van der Waals surface area contributed by atoms with E-state index in [9.17, 15) is 8.42 Å². The minimum absolute atomic E-state index is 0.105. The van der Waals surface area contributed by atoms with Crippen molar-refractivity contribution in [2.45, 2.75) is 36.7 Å². The van der Waals surface area contributed by atoms with E-state index in [2.05, 4.69) is 0 Å². The molecule has 1 aliphatic heterocycles. The summed E-state index contributed by atoms with van der Waals surface area (Å²) in [6, 6.07) is 7.01. The van der Waals surface area contributed by atoms with E-state index in [0.717, 1.165) is 29.9 Å². The molecule has 2 N–H and O–H groups in total. The summed E-state index contributed by atoms with van der Waals surface area (Å²) >= 11 is 1.81. The molecular weight excluding hydrogens is 292 g/mol. The van der Waals surface area contributed by atoms with Gasteiger partial charge in [-0.1, -0.05) is 19.1 Å². The molecule has 1 heterocycles. The first-order chi connectivity index (χ1) is 9.46. The Balaban J connectivity index is 2.29. The SMILES string of the molecule is CCC(N)c1cccc(S(=O)(=O)N(C)C2CCSC2)c1. The molecule has 0 saturated carbocycles. The van der Waals surface area contributed by atoms with Crippen molar-refractivity contribution in [3.8, 4) is 0 Å². The first-order valence-corrected chi connectivity index (χ1v) is 9.47. The van der Waals surface area contributed by atoms with Gasteiger partial charge in [0.05, 0.1) is 4.90 Å². The summed E-state index contributed by atoms with van der Waals surface area (Å²) in [4.78, 5) is 0.346. The third kappa shape index (κ3) is 3.19. The Kier molecular flexibility index (Phi) is 5.12. The summed E-state index contributed by atoms with van der Waals surface area (Å²) in [6.45, 7) is 1.99. The van der Waals surface area contributed by atoms with E-state index < -0.39 is 10.0 Å². The van der Waals surface area contributed by atoms with Crippen molar-refractivity contribution in [3.05, 3.63) is 29.8 Å². The van der Waals surface area contributed by atoms with Crippen LogP contribution in [0.5, 0.6) is 0 Å². The highest BCUT2D eigenvalue weighted by molar-refractivity contribution is 7.99. The molecule has 6 heteroatoms. The number of benzene rings is 1. The maximum absolute atomic E-state index is 12.7. The molecule has 2 unspecified atom stereocenters. The smallest absolute Gasteiger partial charge is 0.243 e. The fourth-order valence-electron chi connectivity index (χ4n) is 2.31. The van der Waals surface area contributed by atoms with Crippen molar-refractivity contribution in [2.24, 2.45) is 5.73 Å². The largest absolute Gasteiger partial charge is 0.324 e. The highest BCUT2D eigenvalue weighted by atomic mass is 32.2. The van der Waals surface area contributed by atoms with Gasteiger partial charge in [-0.3, -0.25) is 0 Å². The lowest BCUT2D eigenvalue weighted by atomic mass is 10.1. The van der Waals surface area contributed by atoms with E-state index in [1.54, 1.807) is 25.2 Å². The average Bonchev–Trinajstić information content (AvgIpc) is 2.99. The second kappa shape index (κ2) is 6.47. The van der Waals surface area contributed by atoms with Gasteiger partial charge in [0, 0.05) is 24.9 Å². The van der Waals surface area contributed by atoms with Crippen molar-refractivity contribution in [1.29, 1.82) is 0 Å². The summed E-state index contributed by atoms with van der Waals surface area (Å²) in [7, 11) is -1.74. The summed E-state index contributed by atoms with van der Waals surface area (Å²) in [5, 5.41) is 0. The van der Waals surface area contributed by atoms with Crippen molar-refractivity contribution in [1.82, 2.24) is 4.31 Å². The lowest BCUT2D eigenvalue weighted by molar-refractivity contribution is 0.394. The Morgan fingerprint density at radius 1 is 1.50 bits per heavy atom. The van der Waals surface area contributed by atoms with Crippen LogP contribution in [-0.2, 0) is 10.0 Å². The second-order valence-corrected chi connectivity index (χ2v) is 8.27. The molecule has 0 aliphatic carbocycles. The molecule has 0 radical (unpaired) electrons. The van der Waals surface area contributed by atoms with E-state index in [1.165, 1.54) is 4.31 Å². The monoisotopic (exact) mass is 314 g/mol. The number of sulfonamides is 1. The number of thioether (sulfide) groups is 1. The number of rotatable bonds is 5. The molecular formula is C14H22N2O2S2. The van der Waals surface area contributed by atoms with Gasteiger partial charge in [0.15, 0.2) is 0 Å². The topological polar surface area (TPSA) is 63.4 Å². The van der Waals surface area contributed by atoms with E-state index >= 15 is 0 Å². The van der Waals surface area contributed by atoms with Crippen LogP contribution in [-0.4, -0.2) is 37.3 Å². The van der Waals surface area contributed by atoms with Gasteiger partial charge < -0.3 is 5.73 Å². The molecule has 0 bridgehead atoms. The van der Waals surface area contributed by atoms with E-state index in [1.807, 2.05) is 24.8 Å². The molecule has 0 spiro atoms. The number of nitrogens with two attached hydrogens (primary N) is 1. The molecule has 1 aliphatic rings. The Morgan fingerprint density at radius 2 is 2.25 bits per heavy atom. The van der Waals surface area contributed by atoms with Gasteiger partial charge in [0.25, 0.3) is 0 Å². The lowest BCUT2D eigenvalue weighted by Crippen LogP contribution is -2.37. The van der Waals surface area contributed by atoms with E-state index in [4.69, 9.17) is 5.73 Å². The van der Waals surface area contributed by atoms with Crippen molar-refractivity contribution >= 4 is 21.8 Å². The maximum atomic E-state index is 12.7. The molecule has 0 aromatic heterocycles. The highest BCUT2D eigenvalue weighted by Crippen LogP contribution is 2.27. The molecule has 4 nitrogen and oxygen atoms in total. The van der Waals surface area contributed by atoms with Crippen LogP contribution in [0.15, 0.2) is 29.2 Å². The molecule has 112 valence electrons. The summed E-state index contributed by atoms with van der Waals surface area (Å²) in [5.74, 6) is 1.91. The Hall–Kier alpha value is -0.560. The molecule has 20 heavy (non-hydrogen) atoms. The van der Waals surface area contributed by atoms with Crippen molar-refractivity contribution in [3.63, 3.8) is 0 Å². The standard InChI is InChI=1S/C14H22N2O2S2/c1-3-14(15)11-5-4-6-13(9-11)20(17,18)16(2)12-7-8-19-10-12/h4-6,9,12,14H,3,7-8,10,15H2,1-2H3. The van der Waals surface area contributed by atoms with Gasteiger partial charge in [-0.15, -0.1) is 0 Å². The van der Waals surface area contributed by atoms with Crippen LogP contribution in [0.2, 0.25) is 0 Å². The van der Waals surface area contributed by atoms with Crippen LogP contribution in [0.3, 0.4) is 0 Å². The molecule has 2 atom stereocenters. The van der Waals surface area contributed by atoms with E-state index in [0.29, 0.717) is 4.90 Å². The Labute approximate surface area is 125 Å². The van der Waals surface area contributed by atoms with Gasteiger partial charge >= 0.3 is 0 Å². The Bertz CT molecular complexity index is 554. The van der Waals surface area contributed by atoms with Gasteiger partial charge in [-0.2, -0.15) is 16.1 Å². The quantitative estimate of drug-likeness (QED) is 0.905. The minimum Gasteiger partial charge on any atom is -0.324 e. The minimum atomic E-state index is -3.42.